The maximum atomic E-state index is 11.2. The first kappa shape index (κ1) is 13.8. The summed E-state index contributed by atoms with van der Waals surface area (Å²) in [7, 11) is 0. The fraction of sp³-hybridized carbons (Fsp3) is 0.286. The fourth-order valence-electron chi connectivity index (χ4n) is 2.04. The molecule has 100 valence electrons. The molecule has 2 aromatic rings. The lowest BCUT2D eigenvalue weighted by atomic mass is 10.1. The highest BCUT2D eigenvalue weighted by molar-refractivity contribution is 9.10. The van der Waals surface area contributed by atoms with Crippen molar-refractivity contribution in [2.45, 2.75) is 19.8 Å². The predicted molar refractivity (Wildman–Crippen MR) is 81.7 cm³/mol. The Balaban J connectivity index is 2.58. The molecule has 19 heavy (non-hydrogen) atoms. The summed E-state index contributed by atoms with van der Waals surface area (Å²) in [5, 5.41) is 16.3. The van der Waals surface area contributed by atoms with E-state index in [1.54, 1.807) is 6.07 Å². The Labute approximate surface area is 120 Å². The number of nitrogens with one attached hydrogen (secondary N) is 1. The first-order chi connectivity index (χ1) is 9.15. The number of benzene rings is 2. The molecule has 0 spiro atoms. The molecule has 2 aromatic carbocycles. The van der Waals surface area contributed by atoms with Crippen molar-refractivity contribution in [3.63, 3.8) is 0 Å². The number of halogens is 1. The Morgan fingerprint density at radius 2 is 2.00 bits per heavy atom. The van der Waals surface area contributed by atoms with Gasteiger partial charge in [-0.1, -0.05) is 37.6 Å². The Morgan fingerprint density at radius 3 is 2.63 bits per heavy atom. The molecule has 0 amide bonds. The van der Waals surface area contributed by atoms with Crippen molar-refractivity contribution in [3.8, 4) is 0 Å². The van der Waals surface area contributed by atoms with Crippen molar-refractivity contribution in [2.24, 2.45) is 0 Å². The summed E-state index contributed by atoms with van der Waals surface area (Å²) in [6.45, 7) is 2.83. The van der Waals surface area contributed by atoms with Gasteiger partial charge in [0.25, 0.3) is 5.69 Å². The van der Waals surface area contributed by atoms with E-state index in [2.05, 4.69) is 28.2 Å². The van der Waals surface area contributed by atoms with Gasteiger partial charge in [-0.3, -0.25) is 10.1 Å². The van der Waals surface area contributed by atoms with Crippen LogP contribution in [0.15, 0.2) is 34.8 Å². The fourth-order valence-corrected chi connectivity index (χ4v) is 2.60. The number of nitrogens with zero attached hydrogens (tertiary/aromatic N) is 1. The van der Waals surface area contributed by atoms with Crippen molar-refractivity contribution in [1.29, 1.82) is 0 Å². The minimum Gasteiger partial charge on any atom is -0.379 e. The van der Waals surface area contributed by atoms with E-state index in [0.29, 0.717) is 5.69 Å². The predicted octanol–water partition coefficient (Wildman–Crippen LogP) is 4.72. The van der Waals surface area contributed by atoms with Gasteiger partial charge in [-0.05, 0) is 27.7 Å². The zero-order valence-corrected chi connectivity index (χ0v) is 12.2. The smallest absolute Gasteiger partial charge is 0.294 e. The van der Waals surface area contributed by atoms with Gasteiger partial charge in [0, 0.05) is 22.5 Å². The Kier molecular flexibility index (Phi) is 4.37. The maximum absolute atomic E-state index is 11.2. The average Bonchev–Trinajstić information content (AvgIpc) is 2.41. The van der Waals surface area contributed by atoms with Crippen LogP contribution in [-0.2, 0) is 0 Å². The second-order valence-corrected chi connectivity index (χ2v) is 5.19. The van der Waals surface area contributed by atoms with E-state index < -0.39 is 0 Å². The molecule has 0 saturated heterocycles. The summed E-state index contributed by atoms with van der Waals surface area (Å²) in [5.74, 6) is 0. The van der Waals surface area contributed by atoms with Gasteiger partial charge < -0.3 is 5.32 Å². The minimum atomic E-state index is -0.342. The van der Waals surface area contributed by atoms with E-state index in [1.165, 1.54) is 0 Å². The largest absolute Gasteiger partial charge is 0.379 e. The molecule has 0 aliphatic heterocycles. The van der Waals surface area contributed by atoms with Gasteiger partial charge in [-0.2, -0.15) is 0 Å². The van der Waals surface area contributed by atoms with Crippen LogP contribution in [0.3, 0.4) is 0 Å². The number of rotatable bonds is 5. The molecule has 1 N–H and O–H groups in total. The molecule has 0 saturated carbocycles. The van der Waals surface area contributed by atoms with Crippen LogP contribution in [0.2, 0.25) is 0 Å². The van der Waals surface area contributed by atoms with Crippen LogP contribution < -0.4 is 5.32 Å². The lowest BCUT2D eigenvalue weighted by molar-refractivity contribution is -0.383. The zero-order chi connectivity index (χ0) is 13.8. The second-order valence-electron chi connectivity index (χ2n) is 4.34. The van der Waals surface area contributed by atoms with Gasteiger partial charge in [0.15, 0.2) is 0 Å². The van der Waals surface area contributed by atoms with Crippen molar-refractivity contribution < 1.29 is 4.92 Å². The third kappa shape index (κ3) is 2.87. The van der Waals surface area contributed by atoms with E-state index in [0.717, 1.165) is 34.6 Å². The van der Waals surface area contributed by atoms with Crippen LogP contribution in [0.25, 0.3) is 10.8 Å². The number of hydrogen-bond donors (Lipinski definition) is 1. The van der Waals surface area contributed by atoms with Gasteiger partial charge in [0.1, 0.15) is 5.69 Å². The molecule has 0 aliphatic carbocycles. The highest BCUT2D eigenvalue weighted by Gasteiger charge is 2.18. The Hall–Kier alpha value is -1.62. The number of nitro groups is 1. The zero-order valence-electron chi connectivity index (χ0n) is 10.6. The molecule has 0 unspecified atom stereocenters. The van der Waals surface area contributed by atoms with E-state index in [4.69, 9.17) is 0 Å². The van der Waals surface area contributed by atoms with Gasteiger partial charge in [0.2, 0.25) is 0 Å². The highest BCUT2D eigenvalue weighted by atomic mass is 79.9. The first-order valence-electron chi connectivity index (χ1n) is 6.24. The van der Waals surface area contributed by atoms with Gasteiger partial charge >= 0.3 is 0 Å². The van der Waals surface area contributed by atoms with E-state index in [1.807, 2.05) is 24.3 Å². The molecule has 0 aliphatic rings. The molecular formula is C14H15BrN2O2. The van der Waals surface area contributed by atoms with Gasteiger partial charge in [-0.15, -0.1) is 0 Å². The second kappa shape index (κ2) is 6.02. The molecule has 0 aromatic heterocycles. The summed E-state index contributed by atoms with van der Waals surface area (Å²) in [5.41, 5.74) is 0.721. The Bertz CT molecular complexity index is 614. The molecule has 0 fully saturated rings. The van der Waals surface area contributed by atoms with E-state index in [-0.39, 0.29) is 10.6 Å². The van der Waals surface area contributed by atoms with Crippen molar-refractivity contribution in [2.75, 3.05) is 11.9 Å². The number of unbranched alkanes of at least 4 members (excludes halogenated alkanes) is 1. The van der Waals surface area contributed by atoms with Crippen LogP contribution in [0.4, 0.5) is 11.4 Å². The molecule has 0 heterocycles. The number of hydrogen-bond acceptors (Lipinski definition) is 3. The molecule has 2 rings (SSSR count). The van der Waals surface area contributed by atoms with Crippen molar-refractivity contribution in [1.82, 2.24) is 0 Å². The van der Waals surface area contributed by atoms with Gasteiger partial charge in [0.05, 0.1) is 4.92 Å². The van der Waals surface area contributed by atoms with E-state index >= 15 is 0 Å². The number of anilines is 1. The molecule has 0 bridgehead atoms. The summed E-state index contributed by atoms with van der Waals surface area (Å²) < 4.78 is 0.746. The van der Waals surface area contributed by atoms with Crippen LogP contribution in [0, 0.1) is 10.1 Å². The van der Waals surface area contributed by atoms with Crippen molar-refractivity contribution >= 4 is 38.1 Å². The first-order valence-corrected chi connectivity index (χ1v) is 7.04. The summed E-state index contributed by atoms with van der Waals surface area (Å²) in [4.78, 5) is 10.9. The lowest BCUT2D eigenvalue weighted by Gasteiger charge is -2.11. The monoisotopic (exact) mass is 322 g/mol. The molecule has 5 heteroatoms. The highest BCUT2D eigenvalue weighted by Crippen LogP contribution is 2.37. The van der Waals surface area contributed by atoms with Crippen LogP contribution >= 0.6 is 15.9 Å². The lowest BCUT2D eigenvalue weighted by Crippen LogP contribution is -2.05. The van der Waals surface area contributed by atoms with Crippen LogP contribution in [0.1, 0.15) is 19.8 Å². The van der Waals surface area contributed by atoms with E-state index in [9.17, 15) is 10.1 Å². The van der Waals surface area contributed by atoms with Gasteiger partial charge in [-0.25, -0.2) is 0 Å². The summed E-state index contributed by atoms with van der Waals surface area (Å²) in [6, 6.07) is 9.24. The Morgan fingerprint density at radius 1 is 1.32 bits per heavy atom. The third-order valence-electron chi connectivity index (χ3n) is 3.00. The SMILES string of the molecule is CCCCNc1c([N+](=O)[O-])cc(Br)c2ccccc12. The topological polar surface area (TPSA) is 55.2 Å². The minimum absolute atomic E-state index is 0.113. The standard InChI is InChI=1S/C14H15BrN2O2/c1-2-3-8-16-14-11-7-5-4-6-10(11)12(15)9-13(14)17(18)19/h4-7,9,16H,2-3,8H2,1H3. The summed E-state index contributed by atoms with van der Waals surface area (Å²) >= 11 is 3.40. The molecule has 0 atom stereocenters. The number of nitro benzene ring substituents is 1. The quantitative estimate of drug-likeness (QED) is 0.492. The van der Waals surface area contributed by atoms with Crippen molar-refractivity contribution in [3.05, 3.63) is 44.9 Å². The maximum Gasteiger partial charge on any atom is 0.294 e. The molecule has 0 radical (unpaired) electrons. The average molecular weight is 323 g/mol. The number of fused-ring (bicyclic) bond motifs is 1. The van der Waals surface area contributed by atoms with Crippen LogP contribution in [0.5, 0.6) is 0 Å². The molecule has 4 nitrogen and oxygen atoms in total. The van der Waals surface area contributed by atoms with Crippen LogP contribution in [-0.4, -0.2) is 11.5 Å². The normalized spacial score (nSPS) is 10.6. The molecular weight excluding hydrogens is 308 g/mol. The summed E-state index contributed by atoms with van der Waals surface area (Å²) in [6.07, 6.45) is 2.04. The third-order valence-corrected chi connectivity index (χ3v) is 3.66.